The molecule has 0 saturated carbocycles. The Hall–Kier alpha value is -2.34. The molecule has 21 heavy (non-hydrogen) atoms. The lowest BCUT2D eigenvalue weighted by molar-refractivity contribution is 0.0913. The first-order chi connectivity index (χ1) is 9.97. The van der Waals surface area contributed by atoms with Crippen LogP contribution in [0.2, 0.25) is 0 Å². The van der Waals surface area contributed by atoms with Gasteiger partial charge in [-0.2, -0.15) is 0 Å². The summed E-state index contributed by atoms with van der Waals surface area (Å²) in [5.41, 5.74) is 1.05. The lowest BCUT2D eigenvalue weighted by Gasteiger charge is -2.13. The molecule has 1 amide bonds. The van der Waals surface area contributed by atoms with Crippen LogP contribution in [0.4, 0.5) is 8.78 Å². The second-order valence-electron chi connectivity index (χ2n) is 4.58. The van der Waals surface area contributed by atoms with Crippen LogP contribution in [0.3, 0.4) is 0 Å². The van der Waals surface area contributed by atoms with E-state index in [0.717, 1.165) is 17.8 Å². The maximum atomic E-state index is 13.5. The van der Waals surface area contributed by atoms with Crippen molar-refractivity contribution in [2.45, 2.75) is 13.0 Å². The van der Waals surface area contributed by atoms with E-state index in [1.165, 1.54) is 6.20 Å². The fraction of sp³-hybridized carbons (Fsp3) is 0.200. The molecule has 0 radical (unpaired) electrons. The lowest BCUT2D eigenvalue weighted by atomic mass is 10.1. The maximum absolute atomic E-state index is 13.5. The van der Waals surface area contributed by atoms with Crippen molar-refractivity contribution in [3.63, 3.8) is 0 Å². The Balaban J connectivity index is 1.98. The van der Waals surface area contributed by atoms with E-state index in [9.17, 15) is 18.7 Å². The van der Waals surface area contributed by atoms with Gasteiger partial charge in [-0.25, -0.2) is 8.78 Å². The Morgan fingerprint density at radius 2 is 2.10 bits per heavy atom. The van der Waals surface area contributed by atoms with Crippen LogP contribution in [0.1, 0.15) is 27.7 Å². The third-order valence-corrected chi connectivity index (χ3v) is 2.95. The van der Waals surface area contributed by atoms with Gasteiger partial charge in [0.2, 0.25) is 0 Å². The van der Waals surface area contributed by atoms with Gasteiger partial charge >= 0.3 is 0 Å². The second-order valence-corrected chi connectivity index (χ2v) is 4.58. The van der Waals surface area contributed by atoms with Gasteiger partial charge in [0.1, 0.15) is 11.6 Å². The normalized spacial score (nSPS) is 12.0. The topological polar surface area (TPSA) is 62.2 Å². The van der Waals surface area contributed by atoms with E-state index < -0.39 is 23.6 Å². The highest BCUT2D eigenvalue weighted by Crippen LogP contribution is 2.17. The van der Waals surface area contributed by atoms with Gasteiger partial charge in [-0.3, -0.25) is 9.78 Å². The number of nitrogens with one attached hydrogen (secondary N) is 1. The molecule has 2 rings (SSSR count). The quantitative estimate of drug-likeness (QED) is 0.907. The summed E-state index contributed by atoms with van der Waals surface area (Å²) in [6, 6.07) is 6.17. The molecule has 2 aromatic rings. The average molecular weight is 292 g/mol. The minimum atomic E-state index is -1.26. The highest BCUT2D eigenvalue weighted by molar-refractivity contribution is 5.93. The molecule has 0 unspecified atom stereocenters. The minimum Gasteiger partial charge on any atom is -0.386 e. The number of amides is 1. The van der Waals surface area contributed by atoms with E-state index in [4.69, 9.17) is 0 Å². The van der Waals surface area contributed by atoms with Gasteiger partial charge in [0.05, 0.1) is 11.7 Å². The fourth-order valence-electron chi connectivity index (χ4n) is 1.78. The largest absolute Gasteiger partial charge is 0.386 e. The Morgan fingerprint density at radius 3 is 2.71 bits per heavy atom. The van der Waals surface area contributed by atoms with Gasteiger partial charge in [-0.1, -0.05) is 6.07 Å². The number of hydrogen-bond acceptors (Lipinski definition) is 3. The Morgan fingerprint density at radius 1 is 1.33 bits per heavy atom. The Kier molecular flexibility index (Phi) is 4.59. The van der Waals surface area contributed by atoms with Crippen LogP contribution in [0, 0.1) is 18.6 Å². The Bertz CT molecular complexity index is 645. The van der Waals surface area contributed by atoms with E-state index in [1.54, 1.807) is 19.1 Å². The number of nitrogens with zero attached hydrogens (tertiary/aromatic N) is 1. The van der Waals surface area contributed by atoms with Crippen LogP contribution in [0.25, 0.3) is 0 Å². The number of aliphatic hydroxyl groups excluding tert-OH is 1. The second kappa shape index (κ2) is 6.41. The molecule has 0 aliphatic carbocycles. The minimum absolute atomic E-state index is 0.0706. The van der Waals surface area contributed by atoms with Crippen molar-refractivity contribution < 1.29 is 18.7 Å². The van der Waals surface area contributed by atoms with Crippen molar-refractivity contribution in [2.24, 2.45) is 0 Å². The van der Waals surface area contributed by atoms with Crippen molar-refractivity contribution >= 4 is 5.91 Å². The molecule has 1 aromatic heterocycles. The van der Waals surface area contributed by atoms with Crippen molar-refractivity contribution in [3.8, 4) is 0 Å². The van der Waals surface area contributed by atoms with Crippen LogP contribution in [-0.2, 0) is 0 Å². The van der Waals surface area contributed by atoms with Gasteiger partial charge in [-0.05, 0) is 25.1 Å². The molecule has 4 nitrogen and oxygen atoms in total. The van der Waals surface area contributed by atoms with Crippen LogP contribution < -0.4 is 5.32 Å². The summed E-state index contributed by atoms with van der Waals surface area (Å²) >= 11 is 0. The van der Waals surface area contributed by atoms with Crippen molar-refractivity contribution in [3.05, 3.63) is 65.0 Å². The summed E-state index contributed by atoms with van der Waals surface area (Å²) in [6.45, 7) is 1.61. The van der Waals surface area contributed by atoms with Gasteiger partial charge in [0.25, 0.3) is 5.91 Å². The van der Waals surface area contributed by atoms with Crippen molar-refractivity contribution in [1.29, 1.82) is 0 Å². The average Bonchev–Trinajstić information content (AvgIpc) is 2.45. The highest BCUT2D eigenvalue weighted by atomic mass is 19.1. The predicted molar refractivity (Wildman–Crippen MR) is 72.6 cm³/mol. The summed E-state index contributed by atoms with van der Waals surface area (Å²) in [6.07, 6.45) is 0.156. The van der Waals surface area contributed by atoms with Gasteiger partial charge in [0, 0.05) is 30.1 Å². The van der Waals surface area contributed by atoms with Crippen LogP contribution in [0.5, 0.6) is 0 Å². The number of aryl methyl sites for hydroxylation is 1. The van der Waals surface area contributed by atoms with E-state index >= 15 is 0 Å². The molecule has 1 heterocycles. The molecule has 0 fully saturated rings. The van der Waals surface area contributed by atoms with Crippen LogP contribution in [-0.4, -0.2) is 22.5 Å². The number of pyridine rings is 1. The molecule has 1 aromatic carbocycles. The molecular weight excluding hydrogens is 278 g/mol. The van der Waals surface area contributed by atoms with E-state index in [2.05, 4.69) is 10.3 Å². The SMILES string of the molecule is Cc1ccc(C(=O)NC[C@@H](O)c2ccc(F)cc2F)cn1. The maximum Gasteiger partial charge on any atom is 0.252 e. The molecule has 1 atom stereocenters. The Labute approximate surface area is 120 Å². The number of carbonyl (C=O) groups is 1. The smallest absolute Gasteiger partial charge is 0.252 e. The summed E-state index contributed by atoms with van der Waals surface area (Å²) in [7, 11) is 0. The van der Waals surface area contributed by atoms with Gasteiger partial charge < -0.3 is 10.4 Å². The first kappa shape index (κ1) is 15.1. The molecule has 2 N–H and O–H groups in total. The fourth-order valence-corrected chi connectivity index (χ4v) is 1.78. The number of carbonyl (C=O) groups excluding carboxylic acids is 1. The monoisotopic (exact) mass is 292 g/mol. The zero-order valence-electron chi connectivity index (χ0n) is 11.3. The molecular formula is C15H14F2N2O2. The van der Waals surface area contributed by atoms with Crippen molar-refractivity contribution in [2.75, 3.05) is 6.54 Å². The summed E-state index contributed by atoms with van der Waals surface area (Å²) in [4.78, 5) is 15.8. The number of aromatic nitrogens is 1. The number of halogens is 2. The summed E-state index contributed by atoms with van der Waals surface area (Å²) in [5.74, 6) is -2.00. The summed E-state index contributed by atoms with van der Waals surface area (Å²) in [5, 5.41) is 12.3. The number of benzene rings is 1. The molecule has 0 bridgehead atoms. The number of rotatable bonds is 4. The molecule has 0 saturated heterocycles. The summed E-state index contributed by atoms with van der Waals surface area (Å²) < 4.78 is 26.3. The molecule has 110 valence electrons. The molecule has 0 aliphatic heterocycles. The molecule has 0 spiro atoms. The molecule has 0 aliphatic rings. The van der Waals surface area contributed by atoms with E-state index in [-0.39, 0.29) is 12.1 Å². The third kappa shape index (κ3) is 3.82. The zero-order valence-corrected chi connectivity index (χ0v) is 11.3. The standard InChI is InChI=1S/C15H14F2N2O2/c1-9-2-3-10(7-18-9)15(21)19-8-14(20)12-5-4-11(16)6-13(12)17/h2-7,14,20H,8H2,1H3,(H,19,21)/t14-/m1/s1. The van der Waals surface area contributed by atoms with Gasteiger partial charge in [0.15, 0.2) is 0 Å². The van der Waals surface area contributed by atoms with E-state index in [0.29, 0.717) is 11.6 Å². The van der Waals surface area contributed by atoms with Crippen LogP contribution >= 0.6 is 0 Å². The molecule has 6 heteroatoms. The third-order valence-electron chi connectivity index (χ3n) is 2.95. The van der Waals surface area contributed by atoms with Crippen molar-refractivity contribution in [1.82, 2.24) is 10.3 Å². The first-order valence-electron chi connectivity index (χ1n) is 6.31. The van der Waals surface area contributed by atoms with E-state index in [1.807, 2.05) is 0 Å². The first-order valence-corrected chi connectivity index (χ1v) is 6.31. The highest BCUT2D eigenvalue weighted by Gasteiger charge is 2.15. The number of hydrogen-bond donors (Lipinski definition) is 2. The zero-order chi connectivity index (χ0) is 15.4. The predicted octanol–water partition coefficient (Wildman–Crippen LogP) is 2.13. The van der Waals surface area contributed by atoms with Gasteiger partial charge in [-0.15, -0.1) is 0 Å². The number of aliphatic hydroxyl groups is 1. The lowest BCUT2D eigenvalue weighted by Crippen LogP contribution is -2.28. The van der Waals surface area contributed by atoms with Crippen LogP contribution in [0.15, 0.2) is 36.5 Å².